The molecule has 1 aliphatic rings. The average molecular weight is 666 g/mol. The molecule has 10 heteroatoms. The van der Waals surface area contributed by atoms with Gasteiger partial charge < -0.3 is 14.7 Å². The van der Waals surface area contributed by atoms with Gasteiger partial charge in [0, 0.05) is 55.1 Å². The van der Waals surface area contributed by atoms with E-state index in [0.717, 1.165) is 41.0 Å². The van der Waals surface area contributed by atoms with Gasteiger partial charge in [-0.15, -0.1) is 0 Å². The predicted octanol–water partition coefficient (Wildman–Crippen LogP) is 7.09. The fourth-order valence-electron chi connectivity index (χ4n) is 5.83. The van der Waals surface area contributed by atoms with E-state index in [1.165, 1.54) is 30.6 Å². The Balaban J connectivity index is 1.21. The summed E-state index contributed by atoms with van der Waals surface area (Å²) in [7, 11) is 0. The highest BCUT2D eigenvalue weighted by Gasteiger charge is 2.39. The van der Waals surface area contributed by atoms with Crippen molar-refractivity contribution in [2.45, 2.75) is 78.2 Å². The molecule has 258 valence electrons. The topological polar surface area (TPSA) is 128 Å². The number of nitrogens with zero attached hydrogens (tertiary/aromatic N) is 5. The van der Waals surface area contributed by atoms with Crippen LogP contribution in [0.5, 0.6) is 5.75 Å². The molecule has 0 aliphatic carbocycles. The number of likely N-dealkylation sites (tertiary alicyclic amines) is 1. The number of carboxylic acids is 1. The Morgan fingerprint density at radius 1 is 0.878 bits per heavy atom. The van der Waals surface area contributed by atoms with E-state index in [1.54, 1.807) is 29.5 Å². The van der Waals surface area contributed by atoms with Crippen molar-refractivity contribution in [2.75, 3.05) is 19.7 Å². The Morgan fingerprint density at radius 2 is 1.53 bits per heavy atom. The van der Waals surface area contributed by atoms with Crippen molar-refractivity contribution < 1.29 is 24.2 Å². The van der Waals surface area contributed by atoms with Gasteiger partial charge in [0.15, 0.2) is 11.6 Å². The van der Waals surface area contributed by atoms with Crippen LogP contribution in [0.15, 0.2) is 73.3 Å². The molecule has 1 aliphatic heterocycles. The Labute approximate surface area is 288 Å². The number of ether oxygens (including phenoxy) is 1. The second kappa shape index (κ2) is 16.0. The number of aliphatic carboxylic acids is 1. The van der Waals surface area contributed by atoms with Gasteiger partial charge in [0.05, 0.1) is 29.8 Å². The number of amides is 1. The molecule has 3 heterocycles. The second-order valence-corrected chi connectivity index (χ2v) is 13.9. The summed E-state index contributed by atoms with van der Waals surface area (Å²) in [4.78, 5) is 48.9. The Bertz CT molecular complexity index is 1700. The molecular formula is C39H47N5O5. The zero-order chi connectivity index (χ0) is 35.0. The number of carboxylic acid groups (broad SMARTS) is 1. The number of carbonyl (C=O) groups is 3. The highest BCUT2D eigenvalue weighted by atomic mass is 16.5. The fourth-order valence-corrected chi connectivity index (χ4v) is 5.83. The van der Waals surface area contributed by atoms with E-state index >= 15 is 0 Å². The number of unbranched alkanes of at least 4 members (excludes halogenated alkanes) is 4. The highest BCUT2D eigenvalue weighted by molar-refractivity contribution is 5.98. The zero-order valence-corrected chi connectivity index (χ0v) is 29.0. The van der Waals surface area contributed by atoms with Crippen molar-refractivity contribution in [3.63, 3.8) is 0 Å². The lowest BCUT2D eigenvalue weighted by molar-refractivity contribution is -0.154. The van der Waals surface area contributed by atoms with Crippen molar-refractivity contribution in [1.82, 2.24) is 24.6 Å². The van der Waals surface area contributed by atoms with Gasteiger partial charge in [-0.2, -0.15) is 5.10 Å². The van der Waals surface area contributed by atoms with Crippen LogP contribution in [0.1, 0.15) is 82.1 Å². The van der Waals surface area contributed by atoms with E-state index in [4.69, 9.17) is 4.74 Å². The fraction of sp³-hybridized carbons (Fsp3) is 0.436. The van der Waals surface area contributed by atoms with E-state index in [2.05, 4.69) is 22.0 Å². The van der Waals surface area contributed by atoms with Crippen LogP contribution in [-0.4, -0.2) is 67.1 Å². The van der Waals surface area contributed by atoms with Crippen LogP contribution < -0.4 is 4.74 Å². The lowest BCUT2D eigenvalue weighted by atomic mass is 9.89. The SMILES string of the molecule is CCCCCCCOc1ccc(-c2cnc(-c3ccc(C[C@H](CC(=O)c4cnn(C(C)(C)C)c4)C(=O)N4CC(C(=O)O)C4)cc3)nc2)cc1. The molecule has 0 radical (unpaired) electrons. The summed E-state index contributed by atoms with van der Waals surface area (Å²) < 4.78 is 7.63. The minimum absolute atomic E-state index is 0.00137. The van der Waals surface area contributed by atoms with Crippen molar-refractivity contribution >= 4 is 17.7 Å². The molecule has 2 aromatic carbocycles. The molecule has 0 saturated carbocycles. The minimum atomic E-state index is -0.913. The number of hydrogen-bond acceptors (Lipinski definition) is 7. The maximum absolute atomic E-state index is 13.5. The molecule has 0 unspecified atom stereocenters. The molecule has 2 aromatic heterocycles. The number of Topliss-reactive ketones (excluding diaryl/α,β-unsaturated/α-hetero) is 1. The van der Waals surface area contributed by atoms with Crippen LogP contribution in [0.4, 0.5) is 0 Å². The van der Waals surface area contributed by atoms with Crippen LogP contribution >= 0.6 is 0 Å². The molecule has 49 heavy (non-hydrogen) atoms. The normalized spacial score (nSPS) is 13.9. The maximum atomic E-state index is 13.5. The van der Waals surface area contributed by atoms with Gasteiger partial charge in [-0.1, -0.05) is 69.0 Å². The van der Waals surface area contributed by atoms with Gasteiger partial charge >= 0.3 is 5.97 Å². The Morgan fingerprint density at radius 3 is 2.14 bits per heavy atom. The quantitative estimate of drug-likeness (QED) is 0.0993. The molecule has 10 nitrogen and oxygen atoms in total. The van der Waals surface area contributed by atoms with Crippen LogP contribution in [0, 0.1) is 11.8 Å². The van der Waals surface area contributed by atoms with Crippen molar-refractivity contribution in [3.8, 4) is 28.3 Å². The van der Waals surface area contributed by atoms with Crippen LogP contribution in [0.3, 0.4) is 0 Å². The molecular weight excluding hydrogens is 618 g/mol. The lowest BCUT2D eigenvalue weighted by Gasteiger charge is -2.38. The minimum Gasteiger partial charge on any atom is -0.494 e. The van der Waals surface area contributed by atoms with Gasteiger partial charge in [-0.05, 0) is 56.9 Å². The summed E-state index contributed by atoms with van der Waals surface area (Å²) in [5, 5.41) is 13.6. The highest BCUT2D eigenvalue weighted by Crippen LogP contribution is 2.27. The van der Waals surface area contributed by atoms with Gasteiger partial charge in [0.2, 0.25) is 5.91 Å². The third kappa shape index (κ3) is 9.40. The number of aromatic nitrogens is 4. The molecule has 1 saturated heterocycles. The monoisotopic (exact) mass is 665 g/mol. The van der Waals surface area contributed by atoms with Crippen LogP contribution in [0.2, 0.25) is 0 Å². The summed E-state index contributed by atoms with van der Waals surface area (Å²) in [6.45, 7) is 9.25. The molecule has 0 bridgehead atoms. The van der Waals surface area contributed by atoms with Crippen LogP contribution in [-0.2, 0) is 21.5 Å². The number of carbonyl (C=O) groups excluding carboxylic acids is 2. The average Bonchev–Trinajstić information content (AvgIpc) is 3.58. The third-order valence-electron chi connectivity index (χ3n) is 8.97. The molecule has 1 amide bonds. The standard InChI is InChI=1S/C39H47N5O5/c1-5-6-7-8-9-18-49-34-16-14-28(15-17-34)31-21-40-36(41-22-31)29-12-10-27(11-13-29)19-30(37(46)43-24-33(25-43)38(47)48)20-35(45)32-23-42-44(26-32)39(2,3)4/h10-17,21-23,26,30,33H,5-9,18-20,24-25H2,1-4H3,(H,47,48)/t30-/m1/s1. The number of rotatable bonds is 16. The molecule has 0 spiro atoms. The van der Waals surface area contributed by atoms with Gasteiger partial charge in [0.25, 0.3) is 0 Å². The molecule has 1 atom stereocenters. The first kappa shape index (κ1) is 35.4. The summed E-state index contributed by atoms with van der Waals surface area (Å²) in [5.41, 5.74) is 3.80. The van der Waals surface area contributed by atoms with Crippen molar-refractivity contribution in [3.05, 3.63) is 84.4 Å². The number of benzene rings is 2. The van der Waals surface area contributed by atoms with Gasteiger partial charge in [-0.25, -0.2) is 9.97 Å². The van der Waals surface area contributed by atoms with E-state index in [1.807, 2.05) is 69.3 Å². The maximum Gasteiger partial charge on any atom is 0.310 e. The largest absolute Gasteiger partial charge is 0.494 e. The molecule has 1 fully saturated rings. The lowest BCUT2D eigenvalue weighted by Crippen LogP contribution is -2.55. The van der Waals surface area contributed by atoms with E-state index < -0.39 is 17.8 Å². The molecule has 5 rings (SSSR count). The first-order valence-electron chi connectivity index (χ1n) is 17.3. The summed E-state index contributed by atoms with van der Waals surface area (Å²) in [5.74, 6) is -1.06. The van der Waals surface area contributed by atoms with Crippen LogP contribution in [0.25, 0.3) is 22.5 Å². The Hall–Kier alpha value is -4.86. The first-order valence-corrected chi connectivity index (χ1v) is 17.3. The van der Waals surface area contributed by atoms with Crippen molar-refractivity contribution in [2.24, 2.45) is 11.8 Å². The third-order valence-corrected chi connectivity index (χ3v) is 8.97. The van der Waals surface area contributed by atoms with E-state index in [-0.39, 0.29) is 36.7 Å². The van der Waals surface area contributed by atoms with Gasteiger partial charge in [0.1, 0.15) is 5.75 Å². The van der Waals surface area contributed by atoms with E-state index in [0.29, 0.717) is 17.8 Å². The zero-order valence-electron chi connectivity index (χ0n) is 29.0. The second-order valence-electron chi connectivity index (χ2n) is 13.9. The summed E-state index contributed by atoms with van der Waals surface area (Å²) in [6, 6.07) is 15.7. The first-order chi connectivity index (χ1) is 23.5. The predicted molar refractivity (Wildman–Crippen MR) is 188 cm³/mol. The summed E-state index contributed by atoms with van der Waals surface area (Å²) >= 11 is 0. The molecule has 4 aromatic rings. The van der Waals surface area contributed by atoms with Gasteiger partial charge in [-0.3, -0.25) is 19.1 Å². The van der Waals surface area contributed by atoms with Crippen molar-refractivity contribution in [1.29, 1.82) is 0 Å². The number of ketones is 1. The molecule has 1 N–H and O–H groups in total. The number of hydrogen-bond donors (Lipinski definition) is 1. The smallest absolute Gasteiger partial charge is 0.310 e. The Kier molecular flexibility index (Phi) is 11.6. The van der Waals surface area contributed by atoms with E-state index in [9.17, 15) is 19.5 Å². The summed E-state index contributed by atoms with van der Waals surface area (Å²) in [6.07, 6.45) is 13.2.